The summed E-state index contributed by atoms with van der Waals surface area (Å²) in [4.78, 5) is 24.2. The van der Waals surface area contributed by atoms with Crippen LogP contribution in [-0.4, -0.2) is 41.1 Å². The van der Waals surface area contributed by atoms with Crippen LogP contribution in [0.15, 0.2) is 0 Å². The second kappa shape index (κ2) is 7.92. The highest BCUT2D eigenvalue weighted by molar-refractivity contribution is 5.75. The van der Waals surface area contributed by atoms with Crippen LogP contribution in [0.3, 0.4) is 0 Å². The summed E-state index contributed by atoms with van der Waals surface area (Å²) in [5.41, 5.74) is 0. The molecule has 0 heterocycles. The monoisotopic (exact) mass is 244 g/mol. The lowest BCUT2D eigenvalue weighted by Gasteiger charge is -2.25. The summed E-state index contributed by atoms with van der Waals surface area (Å²) >= 11 is 0. The number of amides is 2. The van der Waals surface area contributed by atoms with Crippen molar-refractivity contribution < 1.29 is 14.7 Å². The summed E-state index contributed by atoms with van der Waals surface area (Å²) in [6.45, 7) is 9.20. The molecule has 0 rings (SSSR count). The molecular weight excluding hydrogens is 220 g/mol. The Labute approximate surface area is 103 Å². The van der Waals surface area contributed by atoms with Crippen LogP contribution < -0.4 is 5.32 Å². The van der Waals surface area contributed by atoms with Crippen molar-refractivity contribution in [1.29, 1.82) is 0 Å². The number of hydrogen-bond acceptors (Lipinski definition) is 2. The smallest absolute Gasteiger partial charge is 0.317 e. The molecule has 0 aliphatic rings. The second-order valence-electron chi connectivity index (χ2n) is 4.59. The van der Waals surface area contributed by atoms with E-state index < -0.39 is 5.97 Å². The van der Waals surface area contributed by atoms with E-state index in [1.807, 2.05) is 27.7 Å². The molecule has 5 nitrogen and oxygen atoms in total. The number of nitrogens with one attached hydrogen (secondary N) is 1. The van der Waals surface area contributed by atoms with Gasteiger partial charge in [0.05, 0.1) is 6.42 Å². The summed E-state index contributed by atoms with van der Waals surface area (Å²) in [5.74, 6) is -0.482. The minimum absolute atomic E-state index is 0.0263. The van der Waals surface area contributed by atoms with Gasteiger partial charge in [-0.05, 0) is 19.3 Å². The van der Waals surface area contributed by atoms with Crippen molar-refractivity contribution in [2.24, 2.45) is 5.92 Å². The van der Waals surface area contributed by atoms with E-state index in [0.29, 0.717) is 25.4 Å². The number of carboxylic acids is 1. The Bertz CT molecular complexity index is 254. The van der Waals surface area contributed by atoms with Gasteiger partial charge in [0.2, 0.25) is 0 Å². The lowest BCUT2D eigenvalue weighted by Crippen LogP contribution is -2.46. The first-order valence-electron chi connectivity index (χ1n) is 6.17. The Kier molecular flexibility index (Phi) is 7.34. The molecule has 0 aromatic rings. The van der Waals surface area contributed by atoms with Crippen molar-refractivity contribution in [1.82, 2.24) is 10.2 Å². The summed E-state index contributed by atoms with van der Waals surface area (Å²) in [7, 11) is 0. The molecule has 1 atom stereocenters. The maximum Gasteiger partial charge on any atom is 0.317 e. The maximum atomic E-state index is 11.9. The number of nitrogens with zero attached hydrogens (tertiary/aromatic N) is 1. The number of aliphatic carboxylic acids is 1. The zero-order valence-electron chi connectivity index (χ0n) is 11.2. The molecule has 0 aromatic heterocycles. The molecule has 0 radical (unpaired) electrons. The Balaban J connectivity index is 4.31. The van der Waals surface area contributed by atoms with Crippen LogP contribution in [-0.2, 0) is 4.79 Å². The number of rotatable bonds is 7. The Morgan fingerprint density at radius 2 is 1.88 bits per heavy atom. The number of urea groups is 1. The van der Waals surface area contributed by atoms with Crippen molar-refractivity contribution in [3.8, 4) is 0 Å². The van der Waals surface area contributed by atoms with Crippen molar-refractivity contribution in [3.05, 3.63) is 0 Å². The molecule has 0 spiro atoms. The molecule has 5 heteroatoms. The van der Waals surface area contributed by atoms with E-state index in [-0.39, 0.29) is 18.5 Å². The van der Waals surface area contributed by atoms with Gasteiger partial charge < -0.3 is 15.3 Å². The second-order valence-corrected chi connectivity index (χ2v) is 4.59. The minimum atomic E-state index is -0.885. The van der Waals surface area contributed by atoms with Crippen LogP contribution in [0, 0.1) is 5.92 Å². The lowest BCUT2D eigenvalue weighted by molar-refractivity contribution is -0.137. The van der Waals surface area contributed by atoms with E-state index in [1.54, 1.807) is 4.90 Å². The highest BCUT2D eigenvalue weighted by Crippen LogP contribution is 2.02. The first-order valence-corrected chi connectivity index (χ1v) is 6.17. The first kappa shape index (κ1) is 15.7. The molecular formula is C12H24N2O3. The topological polar surface area (TPSA) is 69.6 Å². The van der Waals surface area contributed by atoms with E-state index in [1.165, 1.54) is 0 Å². The molecule has 0 aliphatic heterocycles. The summed E-state index contributed by atoms with van der Waals surface area (Å²) in [5, 5.41) is 11.5. The predicted octanol–water partition coefficient (Wildman–Crippen LogP) is 1.93. The number of carbonyl (C=O) groups excluding carboxylic acids is 1. The normalized spacial score (nSPS) is 12.3. The molecule has 0 aromatic carbocycles. The van der Waals surface area contributed by atoms with Crippen molar-refractivity contribution in [3.63, 3.8) is 0 Å². The molecule has 0 bridgehead atoms. The van der Waals surface area contributed by atoms with Crippen LogP contribution >= 0.6 is 0 Å². The predicted molar refractivity (Wildman–Crippen MR) is 66.9 cm³/mol. The summed E-state index contributed by atoms with van der Waals surface area (Å²) in [6, 6.07) is -0.462. The van der Waals surface area contributed by atoms with Gasteiger partial charge >= 0.3 is 12.0 Å². The maximum absolute atomic E-state index is 11.9. The number of carboxylic acid groups (broad SMARTS) is 1. The van der Waals surface area contributed by atoms with Gasteiger partial charge in [-0.1, -0.05) is 20.8 Å². The summed E-state index contributed by atoms with van der Waals surface area (Å²) in [6.07, 6.45) is 0.596. The zero-order chi connectivity index (χ0) is 13.4. The minimum Gasteiger partial charge on any atom is -0.481 e. The fourth-order valence-electron chi connectivity index (χ4n) is 1.57. The average Bonchev–Trinajstić information content (AvgIpc) is 2.23. The average molecular weight is 244 g/mol. The third-order valence-corrected chi connectivity index (χ3v) is 2.50. The Morgan fingerprint density at radius 1 is 1.29 bits per heavy atom. The number of hydrogen-bond donors (Lipinski definition) is 2. The zero-order valence-corrected chi connectivity index (χ0v) is 11.2. The molecule has 0 fully saturated rings. The van der Waals surface area contributed by atoms with Gasteiger partial charge in [-0.3, -0.25) is 4.79 Å². The van der Waals surface area contributed by atoms with Gasteiger partial charge in [0.15, 0.2) is 0 Å². The SMILES string of the molecule is CCC(CC(=O)O)NC(=O)N(CC)CC(C)C. The third-order valence-electron chi connectivity index (χ3n) is 2.50. The standard InChI is InChI=1S/C12H24N2O3/c1-5-10(7-11(15)16)13-12(17)14(6-2)8-9(3)4/h9-10H,5-8H2,1-4H3,(H,13,17)(H,15,16). The molecule has 2 amide bonds. The first-order chi connectivity index (χ1) is 7.90. The largest absolute Gasteiger partial charge is 0.481 e. The quantitative estimate of drug-likeness (QED) is 0.719. The molecule has 0 saturated carbocycles. The van der Waals surface area contributed by atoms with Gasteiger partial charge in [-0.25, -0.2) is 4.79 Å². The lowest BCUT2D eigenvalue weighted by atomic mass is 10.1. The Hall–Kier alpha value is -1.26. The summed E-state index contributed by atoms with van der Waals surface area (Å²) < 4.78 is 0. The number of carbonyl (C=O) groups is 2. The van der Waals surface area contributed by atoms with E-state index in [2.05, 4.69) is 5.32 Å². The molecule has 0 saturated heterocycles. The molecule has 0 aliphatic carbocycles. The van der Waals surface area contributed by atoms with Crippen molar-refractivity contribution in [2.75, 3.05) is 13.1 Å². The van der Waals surface area contributed by atoms with Crippen LogP contribution in [0.25, 0.3) is 0 Å². The fourth-order valence-corrected chi connectivity index (χ4v) is 1.57. The van der Waals surface area contributed by atoms with Crippen LogP contribution in [0.2, 0.25) is 0 Å². The van der Waals surface area contributed by atoms with E-state index in [4.69, 9.17) is 5.11 Å². The molecule has 17 heavy (non-hydrogen) atoms. The van der Waals surface area contributed by atoms with Crippen LogP contribution in [0.4, 0.5) is 4.79 Å². The molecule has 1 unspecified atom stereocenters. The van der Waals surface area contributed by atoms with Gasteiger partial charge in [-0.15, -0.1) is 0 Å². The van der Waals surface area contributed by atoms with E-state index in [9.17, 15) is 9.59 Å². The highest BCUT2D eigenvalue weighted by atomic mass is 16.4. The van der Waals surface area contributed by atoms with Gasteiger partial charge in [-0.2, -0.15) is 0 Å². The van der Waals surface area contributed by atoms with Gasteiger partial charge in [0.25, 0.3) is 0 Å². The Morgan fingerprint density at radius 3 is 2.24 bits per heavy atom. The van der Waals surface area contributed by atoms with Crippen molar-refractivity contribution in [2.45, 2.75) is 46.6 Å². The van der Waals surface area contributed by atoms with Gasteiger partial charge in [0, 0.05) is 19.1 Å². The van der Waals surface area contributed by atoms with E-state index in [0.717, 1.165) is 0 Å². The van der Waals surface area contributed by atoms with Crippen LogP contribution in [0.1, 0.15) is 40.5 Å². The molecule has 100 valence electrons. The molecule has 2 N–H and O–H groups in total. The highest BCUT2D eigenvalue weighted by Gasteiger charge is 2.18. The van der Waals surface area contributed by atoms with E-state index >= 15 is 0 Å². The van der Waals surface area contributed by atoms with Crippen LogP contribution in [0.5, 0.6) is 0 Å². The third kappa shape index (κ3) is 6.81. The van der Waals surface area contributed by atoms with Gasteiger partial charge in [0.1, 0.15) is 0 Å². The fraction of sp³-hybridized carbons (Fsp3) is 0.833. The van der Waals surface area contributed by atoms with Crippen molar-refractivity contribution >= 4 is 12.0 Å².